The van der Waals surface area contributed by atoms with Crippen LogP contribution in [-0.4, -0.2) is 15.6 Å². The van der Waals surface area contributed by atoms with Gasteiger partial charge in [-0.3, -0.25) is 0 Å². The summed E-state index contributed by atoms with van der Waals surface area (Å²) in [4.78, 5) is 4.16. The first-order valence-electron chi connectivity index (χ1n) is 4.31. The fraction of sp³-hybridized carbons (Fsp3) is 0.625. The molecule has 0 unspecified atom stereocenters. The molecule has 1 aliphatic rings. The number of imidazole rings is 1. The zero-order valence-corrected chi connectivity index (χ0v) is 7.25. The molecule has 1 saturated carbocycles. The molecule has 0 aliphatic heterocycles. The minimum absolute atomic E-state index is 0.583. The first-order chi connectivity index (χ1) is 5.75. The second-order valence-electron chi connectivity index (χ2n) is 3.37. The van der Waals surface area contributed by atoms with Gasteiger partial charge >= 0.3 is 0 Å². The molecule has 2 rings (SSSR count). The van der Waals surface area contributed by atoms with Crippen molar-refractivity contribution in [2.45, 2.75) is 25.3 Å². The van der Waals surface area contributed by atoms with Crippen molar-refractivity contribution in [1.29, 1.82) is 0 Å². The smallest absolute Gasteiger partial charge is 0.204 e. The summed E-state index contributed by atoms with van der Waals surface area (Å²) in [6, 6.07) is 0.616. The van der Waals surface area contributed by atoms with Crippen molar-refractivity contribution in [3.8, 4) is 0 Å². The molecule has 0 amide bonds. The molecule has 0 radical (unpaired) electrons. The highest BCUT2D eigenvalue weighted by molar-refractivity contribution is 5.39. The predicted octanol–water partition coefficient (Wildman–Crippen LogP) is 0.967. The molecular weight excluding hydrogens is 152 g/mol. The van der Waals surface area contributed by atoms with E-state index in [1.165, 1.54) is 19.3 Å². The minimum atomic E-state index is 0.583. The lowest BCUT2D eigenvalue weighted by Gasteiger charge is -2.26. The second-order valence-corrected chi connectivity index (χ2v) is 3.37. The van der Waals surface area contributed by atoms with Gasteiger partial charge < -0.3 is 15.6 Å². The van der Waals surface area contributed by atoms with Crippen LogP contribution in [0.2, 0.25) is 0 Å². The first kappa shape index (κ1) is 7.46. The molecule has 0 spiro atoms. The maximum atomic E-state index is 5.54. The SMILES string of the molecule is Cn1cc(N)nc1NC1CCC1. The van der Waals surface area contributed by atoms with E-state index >= 15 is 0 Å². The summed E-state index contributed by atoms with van der Waals surface area (Å²) < 4.78 is 1.92. The quantitative estimate of drug-likeness (QED) is 0.688. The summed E-state index contributed by atoms with van der Waals surface area (Å²) in [5.41, 5.74) is 5.54. The molecule has 0 bridgehead atoms. The molecule has 1 aromatic heterocycles. The Balaban J connectivity index is 2.05. The zero-order chi connectivity index (χ0) is 8.55. The molecule has 3 N–H and O–H groups in total. The number of hydrogen-bond donors (Lipinski definition) is 2. The van der Waals surface area contributed by atoms with Crippen LogP contribution in [0.15, 0.2) is 6.20 Å². The van der Waals surface area contributed by atoms with Crippen LogP contribution in [0.3, 0.4) is 0 Å². The number of rotatable bonds is 2. The van der Waals surface area contributed by atoms with Gasteiger partial charge in [0.15, 0.2) is 0 Å². The summed E-state index contributed by atoms with van der Waals surface area (Å²) >= 11 is 0. The van der Waals surface area contributed by atoms with Crippen molar-refractivity contribution in [2.24, 2.45) is 7.05 Å². The van der Waals surface area contributed by atoms with Crippen LogP contribution >= 0.6 is 0 Å². The predicted molar refractivity (Wildman–Crippen MR) is 48.9 cm³/mol. The molecule has 4 heteroatoms. The van der Waals surface area contributed by atoms with Crippen molar-refractivity contribution in [3.63, 3.8) is 0 Å². The van der Waals surface area contributed by atoms with E-state index in [0.29, 0.717) is 11.9 Å². The van der Waals surface area contributed by atoms with Gasteiger partial charge in [0.1, 0.15) is 5.82 Å². The van der Waals surface area contributed by atoms with Gasteiger partial charge in [0, 0.05) is 19.3 Å². The van der Waals surface area contributed by atoms with Crippen LogP contribution in [0.25, 0.3) is 0 Å². The van der Waals surface area contributed by atoms with Crippen molar-refractivity contribution >= 4 is 11.8 Å². The fourth-order valence-corrected chi connectivity index (χ4v) is 1.36. The van der Waals surface area contributed by atoms with Gasteiger partial charge in [0.25, 0.3) is 0 Å². The highest BCUT2D eigenvalue weighted by Gasteiger charge is 2.18. The Hall–Kier alpha value is -1.19. The summed E-state index contributed by atoms with van der Waals surface area (Å²) in [5, 5.41) is 3.34. The van der Waals surface area contributed by atoms with E-state index in [-0.39, 0.29) is 0 Å². The topological polar surface area (TPSA) is 55.9 Å². The van der Waals surface area contributed by atoms with Crippen LogP contribution in [0, 0.1) is 0 Å². The summed E-state index contributed by atoms with van der Waals surface area (Å²) in [6.07, 6.45) is 5.66. The molecule has 0 aromatic carbocycles. The van der Waals surface area contributed by atoms with E-state index in [1.807, 2.05) is 17.8 Å². The Morgan fingerprint density at radius 3 is 2.83 bits per heavy atom. The maximum absolute atomic E-state index is 5.54. The third-order valence-electron chi connectivity index (χ3n) is 2.33. The Morgan fingerprint density at radius 2 is 2.42 bits per heavy atom. The van der Waals surface area contributed by atoms with E-state index in [1.54, 1.807) is 0 Å². The van der Waals surface area contributed by atoms with E-state index in [9.17, 15) is 0 Å². The van der Waals surface area contributed by atoms with Gasteiger partial charge in [-0.15, -0.1) is 0 Å². The Labute approximate surface area is 71.8 Å². The number of nitrogens with two attached hydrogens (primary N) is 1. The maximum Gasteiger partial charge on any atom is 0.204 e. The number of nitrogens with one attached hydrogen (secondary N) is 1. The molecule has 4 nitrogen and oxygen atoms in total. The Morgan fingerprint density at radius 1 is 1.67 bits per heavy atom. The van der Waals surface area contributed by atoms with Crippen LogP contribution in [-0.2, 0) is 7.05 Å². The highest BCUT2D eigenvalue weighted by Crippen LogP contribution is 2.22. The van der Waals surface area contributed by atoms with Crippen molar-refractivity contribution in [1.82, 2.24) is 9.55 Å². The molecule has 1 heterocycles. The van der Waals surface area contributed by atoms with Crippen LogP contribution in [0.1, 0.15) is 19.3 Å². The largest absolute Gasteiger partial charge is 0.382 e. The van der Waals surface area contributed by atoms with E-state index < -0.39 is 0 Å². The molecule has 1 aliphatic carbocycles. The van der Waals surface area contributed by atoms with Crippen LogP contribution in [0.5, 0.6) is 0 Å². The van der Waals surface area contributed by atoms with Gasteiger partial charge in [0.05, 0.1) is 0 Å². The Bertz CT molecular complexity index is 275. The van der Waals surface area contributed by atoms with Crippen LogP contribution < -0.4 is 11.1 Å². The minimum Gasteiger partial charge on any atom is -0.382 e. The van der Waals surface area contributed by atoms with Crippen molar-refractivity contribution in [2.75, 3.05) is 11.1 Å². The number of nitrogens with zero attached hydrogens (tertiary/aromatic N) is 2. The number of aryl methyl sites for hydroxylation is 1. The molecular formula is C8H14N4. The monoisotopic (exact) mass is 166 g/mol. The normalized spacial score (nSPS) is 17.4. The Kier molecular flexibility index (Phi) is 1.67. The molecule has 12 heavy (non-hydrogen) atoms. The van der Waals surface area contributed by atoms with E-state index in [4.69, 9.17) is 5.73 Å². The average molecular weight is 166 g/mol. The first-order valence-corrected chi connectivity index (χ1v) is 4.31. The average Bonchev–Trinajstić information content (AvgIpc) is 2.21. The summed E-state index contributed by atoms with van der Waals surface area (Å²) in [6.45, 7) is 0. The number of anilines is 2. The van der Waals surface area contributed by atoms with E-state index in [2.05, 4.69) is 10.3 Å². The third kappa shape index (κ3) is 1.24. The molecule has 66 valence electrons. The molecule has 1 aromatic rings. The van der Waals surface area contributed by atoms with E-state index in [0.717, 1.165) is 5.95 Å². The fourth-order valence-electron chi connectivity index (χ4n) is 1.36. The molecule has 0 atom stereocenters. The number of aromatic nitrogens is 2. The number of nitrogen functional groups attached to an aromatic ring is 1. The van der Waals surface area contributed by atoms with Crippen molar-refractivity contribution in [3.05, 3.63) is 6.20 Å². The molecule has 0 saturated heterocycles. The highest BCUT2D eigenvalue weighted by atomic mass is 15.2. The lowest BCUT2D eigenvalue weighted by atomic mass is 9.93. The van der Waals surface area contributed by atoms with Crippen LogP contribution in [0.4, 0.5) is 11.8 Å². The lowest BCUT2D eigenvalue weighted by molar-refractivity contribution is 0.442. The summed E-state index contributed by atoms with van der Waals surface area (Å²) in [7, 11) is 1.95. The summed E-state index contributed by atoms with van der Waals surface area (Å²) in [5.74, 6) is 1.47. The second kappa shape index (κ2) is 2.69. The standard InChI is InChI=1S/C8H14N4/c1-12-5-7(9)11-8(12)10-6-3-2-4-6/h5-6H,2-4,9H2,1H3,(H,10,11). The van der Waals surface area contributed by atoms with Gasteiger partial charge in [-0.2, -0.15) is 4.98 Å². The van der Waals surface area contributed by atoms with Crippen molar-refractivity contribution < 1.29 is 0 Å². The lowest BCUT2D eigenvalue weighted by Crippen LogP contribution is -2.28. The number of hydrogen-bond acceptors (Lipinski definition) is 3. The van der Waals surface area contributed by atoms with Gasteiger partial charge in [-0.25, -0.2) is 0 Å². The van der Waals surface area contributed by atoms with Gasteiger partial charge in [-0.1, -0.05) is 0 Å². The van der Waals surface area contributed by atoms with Gasteiger partial charge in [0.2, 0.25) is 5.95 Å². The third-order valence-corrected chi connectivity index (χ3v) is 2.33. The zero-order valence-electron chi connectivity index (χ0n) is 7.25. The molecule has 1 fully saturated rings. The van der Waals surface area contributed by atoms with Gasteiger partial charge in [-0.05, 0) is 19.3 Å².